The van der Waals surface area contributed by atoms with Gasteiger partial charge in [0.05, 0.1) is 0 Å². The zero-order chi connectivity index (χ0) is 15.7. The van der Waals surface area contributed by atoms with Crippen molar-refractivity contribution in [1.29, 1.82) is 0 Å². The third kappa shape index (κ3) is 6.79. The Morgan fingerprint density at radius 1 is 1.10 bits per heavy atom. The molecule has 116 valence electrons. The fourth-order valence-corrected chi connectivity index (χ4v) is 2.75. The van der Waals surface area contributed by atoms with Gasteiger partial charge in [-0.05, 0) is 31.0 Å². The fourth-order valence-electron chi connectivity index (χ4n) is 2.12. The molecule has 0 amide bonds. The van der Waals surface area contributed by atoms with E-state index in [1.165, 1.54) is 31.7 Å². The minimum atomic E-state index is -4.21. The highest BCUT2D eigenvalue weighted by Gasteiger charge is 2.13. The SMILES string of the molecule is CCCCCCCCC#Cc1cc(C)ccc1S(=O)(=O)O. The van der Waals surface area contributed by atoms with Gasteiger partial charge >= 0.3 is 0 Å². The Bertz CT molecular complexity index is 607. The van der Waals surface area contributed by atoms with Gasteiger partial charge < -0.3 is 0 Å². The third-order valence-corrected chi connectivity index (χ3v) is 4.20. The van der Waals surface area contributed by atoms with Gasteiger partial charge in [0.2, 0.25) is 0 Å². The second-order valence-electron chi connectivity index (χ2n) is 5.29. The van der Waals surface area contributed by atoms with Gasteiger partial charge in [-0.2, -0.15) is 8.42 Å². The maximum absolute atomic E-state index is 11.3. The maximum Gasteiger partial charge on any atom is 0.295 e. The first-order valence-electron chi connectivity index (χ1n) is 7.52. The highest BCUT2D eigenvalue weighted by Crippen LogP contribution is 2.16. The second kappa shape index (κ2) is 8.86. The van der Waals surface area contributed by atoms with Gasteiger partial charge in [0.1, 0.15) is 4.90 Å². The van der Waals surface area contributed by atoms with E-state index in [1.807, 2.05) is 6.92 Å². The zero-order valence-electron chi connectivity index (χ0n) is 12.9. The summed E-state index contributed by atoms with van der Waals surface area (Å²) >= 11 is 0. The molecular weight excluding hydrogens is 284 g/mol. The molecule has 0 fully saturated rings. The number of hydrogen-bond acceptors (Lipinski definition) is 2. The Morgan fingerprint density at radius 3 is 2.43 bits per heavy atom. The zero-order valence-corrected chi connectivity index (χ0v) is 13.7. The maximum atomic E-state index is 11.3. The quantitative estimate of drug-likeness (QED) is 0.463. The molecular formula is C17H24O3S. The van der Waals surface area contributed by atoms with E-state index in [1.54, 1.807) is 12.1 Å². The van der Waals surface area contributed by atoms with Crippen molar-refractivity contribution in [3.8, 4) is 11.8 Å². The van der Waals surface area contributed by atoms with Crippen LogP contribution in [-0.4, -0.2) is 13.0 Å². The van der Waals surface area contributed by atoms with Crippen LogP contribution in [0.5, 0.6) is 0 Å². The molecule has 0 saturated carbocycles. The lowest BCUT2D eigenvalue weighted by atomic mass is 10.1. The monoisotopic (exact) mass is 308 g/mol. The highest BCUT2D eigenvalue weighted by molar-refractivity contribution is 7.85. The molecule has 0 aliphatic rings. The molecule has 0 aliphatic carbocycles. The van der Waals surface area contributed by atoms with Gasteiger partial charge in [-0.15, -0.1) is 0 Å². The molecule has 1 aromatic rings. The van der Waals surface area contributed by atoms with E-state index in [0.29, 0.717) is 5.56 Å². The van der Waals surface area contributed by atoms with Crippen molar-refractivity contribution in [1.82, 2.24) is 0 Å². The standard InChI is InChI=1S/C17H24O3S/c1-3-4-5-6-7-8-9-10-11-16-14-15(2)12-13-17(16)21(18,19)20/h12-14H,3-9H2,1-2H3,(H,18,19,20). The van der Waals surface area contributed by atoms with Crippen LogP contribution in [0.2, 0.25) is 0 Å². The molecule has 0 aliphatic heterocycles. The molecule has 0 heterocycles. The van der Waals surface area contributed by atoms with Crippen LogP contribution in [0.4, 0.5) is 0 Å². The molecule has 0 radical (unpaired) electrons. The minimum Gasteiger partial charge on any atom is -0.282 e. The van der Waals surface area contributed by atoms with Crippen molar-refractivity contribution < 1.29 is 13.0 Å². The van der Waals surface area contributed by atoms with Crippen LogP contribution in [0.15, 0.2) is 23.1 Å². The average Bonchev–Trinajstić information content (AvgIpc) is 2.40. The van der Waals surface area contributed by atoms with E-state index in [0.717, 1.165) is 24.8 Å². The van der Waals surface area contributed by atoms with Crippen molar-refractivity contribution >= 4 is 10.1 Å². The molecule has 1 aromatic carbocycles. The first kappa shape index (κ1) is 17.7. The number of benzene rings is 1. The number of unbranched alkanes of at least 4 members (excludes halogenated alkanes) is 6. The summed E-state index contributed by atoms with van der Waals surface area (Å²) in [4.78, 5) is -0.108. The van der Waals surface area contributed by atoms with E-state index in [2.05, 4.69) is 18.8 Å². The van der Waals surface area contributed by atoms with Crippen LogP contribution >= 0.6 is 0 Å². The van der Waals surface area contributed by atoms with Crippen LogP contribution < -0.4 is 0 Å². The molecule has 0 aromatic heterocycles. The van der Waals surface area contributed by atoms with Crippen LogP contribution in [0, 0.1) is 18.8 Å². The average molecular weight is 308 g/mol. The molecule has 4 heteroatoms. The fraction of sp³-hybridized carbons (Fsp3) is 0.529. The number of rotatable bonds is 7. The number of hydrogen-bond donors (Lipinski definition) is 1. The topological polar surface area (TPSA) is 54.4 Å². The summed E-state index contributed by atoms with van der Waals surface area (Å²) in [6, 6.07) is 4.75. The lowest BCUT2D eigenvalue weighted by molar-refractivity contribution is 0.483. The smallest absolute Gasteiger partial charge is 0.282 e. The summed E-state index contributed by atoms with van der Waals surface area (Å²) in [5.74, 6) is 5.88. The Labute approximate surface area is 128 Å². The summed E-state index contributed by atoms with van der Waals surface area (Å²) in [6.45, 7) is 4.06. The van der Waals surface area contributed by atoms with E-state index in [-0.39, 0.29) is 4.90 Å². The summed E-state index contributed by atoms with van der Waals surface area (Å²) in [5, 5.41) is 0. The van der Waals surface area contributed by atoms with Gasteiger partial charge in [-0.25, -0.2) is 0 Å². The lowest BCUT2D eigenvalue weighted by Crippen LogP contribution is -2.01. The van der Waals surface area contributed by atoms with Gasteiger partial charge in [-0.3, -0.25) is 4.55 Å². The normalized spacial score (nSPS) is 11.0. The molecule has 1 rings (SSSR count). The lowest BCUT2D eigenvalue weighted by Gasteiger charge is -2.02. The van der Waals surface area contributed by atoms with Gasteiger partial charge in [0.25, 0.3) is 10.1 Å². The minimum absolute atomic E-state index is 0.108. The molecule has 21 heavy (non-hydrogen) atoms. The van der Waals surface area contributed by atoms with Crippen LogP contribution in [-0.2, 0) is 10.1 Å². The summed E-state index contributed by atoms with van der Waals surface area (Å²) in [6.07, 6.45) is 7.98. The largest absolute Gasteiger partial charge is 0.295 e. The first-order chi connectivity index (χ1) is 9.95. The van der Waals surface area contributed by atoms with E-state index < -0.39 is 10.1 Å². The van der Waals surface area contributed by atoms with Gasteiger partial charge in [0, 0.05) is 12.0 Å². The highest BCUT2D eigenvalue weighted by atomic mass is 32.2. The van der Waals surface area contributed by atoms with Crippen molar-refractivity contribution in [2.24, 2.45) is 0 Å². The molecule has 0 spiro atoms. The van der Waals surface area contributed by atoms with E-state index in [4.69, 9.17) is 0 Å². The molecule has 0 unspecified atom stereocenters. The van der Waals surface area contributed by atoms with Crippen LogP contribution in [0.1, 0.15) is 63.0 Å². The van der Waals surface area contributed by atoms with Crippen molar-refractivity contribution in [3.05, 3.63) is 29.3 Å². The Balaban J connectivity index is 2.59. The van der Waals surface area contributed by atoms with Gasteiger partial charge in [-0.1, -0.05) is 56.9 Å². The van der Waals surface area contributed by atoms with Crippen molar-refractivity contribution in [3.63, 3.8) is 0 Å². The van der Waals surface area contributed by atoms with E-state index >= 15 is 0 Å². The Hall–Kier alpha value is -1.31. The van der Waals surface area contributed by atoms with Crippen molar-refractivity contribution in [2.75, 3.05) is 0 Å². The van der Waals surface area contributed by atoms with Crippen LogP contribution in [0.25, 0.3) is 0 Å². The summed E-state index contributed by atoms with van der Waals surface area (Å²) in [5.41, 5.74) is 1.30. The number of aryl methyl sites for hydroxylation is 1. The van der Waals surface area contributed by atoms with Crippen molar-refractivity contribution in [2.45, 2.75) is 63.7 Å². The summed E-state index contributed by atoms with van der Waals surface area (Å²) in [7, 11) is -4.21. The van der Waals surface area contributed by atoms with Crippen LogP contribution in [0.3, 0.4) is 0 Å². The second-order valence-corrected chi connectivity index (χ2v) is 6.68. The first-order valence-corrected chi connectivity index (χ1v) is 8.96. The molecule has 1 N–H and O–H groups in total. The molecule has 0 saturated heterocycles. The molecule has 3 nitrogen and oxygen atoms in total. The Morgan fingerprint density at radius 2 is 1.76 bits per heavy atom. The van der Waals surface area contributed by atoms with E-state index in [9.17, 15) is 13.0 Å². The molecule has 0 atom stereocenters. The van der Waals surface area contributed by atoms with Gasteiger partial charge in [0.15, 0.2) is 0 Å². The Kier molecular flexibility index (Phi) is 7.49. The predicted octanol–water partition coefficient (Wildman–Crippen LogP) is 4.34. The molecule has 0 bridgehead atoms. The summed E-state index contributed by atoms with van der Waals surface area (Å²) < 4.78 is 31.8. The predicted molar refractivity (Wildman–Crippen MR) is 85.9 cm³/mol. The third-order valence-electron chi connectivity index (χ3n) is 3.29.